The van der Waals surface area contributed by atoms with Crippen molar-refractivity contribution in [3.05, 3.63) is 30.0 Å². The number of rotatable bonds is 6. The summed E-state index contributed by atoms with van der Waals surface area (Å²) in [6.45, 7) is 2.55. The molecule has 0 atom stereocenters. The number of aliphatic carboxylic acids is 1. The molecule has 1 N–H and O–H groups in total. The topological polar surface area (TPSA) is 72.3 Å². The number of fused-ring (bicyclic) bond motifs is 1. The third-order valence-electron chi connectivity index (χ3n) is 4.95. The van der Waals surface area contributed by atoms with E-state index in [1.165, 1.54) is 5.56 Å². The molecule has 0 spiro atoms. The summed E-state index contributed by atoms with van der Waals surface area (Å²) in [5.41, 5.74) is 3.01. The van der Waals surface area contributed by atoms with Crippen molar-refractivity contribution >= 4 is 17.0 Å². The Labute approximate surface area is 142 Å². The minimum atomic E-state index is -0.638. The average Bonchev–Trinajstić information content (AvgIpc) is 2.60. The van der Waals surface area contributed by atoms with E-state index in [2.05, 4.69) is 9.97 Å². The fourth-order valence-corrected chi connectivity index (χ4v) is 3.55. The van der Waals surface area contributed by atoms with Gasteiger partial charge in [-0.05, 0) is 69.1 Å². The second-order valence-corrected chi connectivity index (χ2v) is 6.51. The van der Waals surface area contributed by atoms with Gasteiger partial charge in [0.15, 0.2) is 0 Å². The lowest BCUT2D eigenvalue weighted by atomic mass is 9.79. The van der Waals surface area contributed by atoms with E-state index in [1.54, 1.807) is 0 Å². The van der Waals surface area contributed by atoms with Crippen LogP contribution in [0.2, 0.25) is 0 Å². The standard InChI is InChI=1S/C19H24N2O3/c1-2-24-17-10-9-16-18(21-17)14(11-12-20-16)6-3-13-4-7-15(8-5-13)19(22)23/h9-13,15H,2-8H2,1H3,(H,22,23)/t13-,15-. The second kappa shape index (κ2) is 7.60. The van der Waals surface area contributed by atoms with Crippen LogP contribution < -0.4 is 4.74 Å². The first-order valence-electron chi connectivity index (χ1n) is 8.77. The molecule has 1 fully saturated rings. The van der Waals surface area contributed by atoms with Crippen LogP contribution >= 0.6 is 0 Å². The molecule has 24 heavy (non-hydrogen) atoms. The van der Waals surface area contributed by atoms with Crippen LogP contribution in [0.25, 0.3) is 11.0 Å². The van der Waals surface area contributed by atoms with Gasteiger partial charge in [0.2, 0.25) is 5.88 Å². The highest BCUT2D eigenvalue weighted by Gasteiger charge is 2.25. The van der Waals surface area contributed by atoms with Crippen LogP contribution in [0.3, 0.4) is 0 Å². The minimum absolute atomic E-state index is 0.140. The molecule has 3 rings (SSSR count). The minimum Gasteiger partial charge on any atom is -0.481 e. The maximum Gasteiger partial charge on any atom is 0.306 e. The van der Waals surface area contributed by atoms with Gasteiger partial charge in [0, 0.05) is 12.3 Å². The van der Waals surface area contributed by atoms with Crippen molar-refractivity contribution in [1.82, 2.24) is 9.97 Å². The number of carbonyl (C=O) groups is 1. The first-order chi connectivity index (χ1) is 11.7. The molecule has 0 saturated heterocycles. The summed E-state index contributed by atoms with van der Waals surface area (Å²) < 4.78 is 5.50. The van der Waals surface area contributed by atoms with E-state index in [-0.39, 0.29) is 5.92 Å². The van der Waals surface area contributed by atoms with Gasteiger partial charge in [-0.1, -0.05) is 0 Å². The Morgan fingerprint density at radius 1 is 1.25 bits per heavy atom. The third-order valence-corrected chi connectivity index (χ3v) is 4.95. The predicted octanol–water partition coefficient (Wildman–Crippen LogP) is 3.85. The number of aromatic nitrogens is 2. The Bertz CT molecular complexity index is 709. The Morgan fingerprint density at radius 3 is 2.75 bits per heavy atom. The molecule has 0 amide bonds. The summed E-state index contributed by atoms with van der Waals surface area (Å²) in [5, 5.41) is 9.09. The van der Waals surface area contributed by atoms with Crippen LogP contribution in [-0.2, 0) is 11.2 Å². The van der Waals surface area contributed by atoms with Gasteiger partial charge in [-0.3, -0.25) is 9.78 Å². The van der Waals surface area contributed by atoms with E-state index < -0.39 is 5.97 Å². The molecule has 0 bridgehead atoms. The quantitative estimate of drug-likeness (QED) is 0.872. The number of carboxylic acids is 1. The van der Waals surface area contributed by atoms with Crippen molar-refractivity contribution in [1.29, 1.82) is 0 Å². The number of hydrogen-bond acceptors (Lipinski definition) is 4. The fraction of sp³-hybridized carbons (Fsp3) is 0.526. The molecule has 2 aromatic heterocycles. The summed E-state index contributed by atoms with van der Waals surface area (Å²) in [6, 6.07) is 5.85. The molecule has 1 saturated carbocycles. The lowest BCUT2D eigenvalue weighted by molar-refractivity contribution is -0.143. The summed E-state index contributed by atoms with van der Waals surface area (Å²) in [4.78, 5) is 20.0. The molecular formula is C19H24N2O3. The van der Waals surface area contributed by atoms with Crippen LogP contribution in [-0.4, -0.2) is 27.7 Å². The number of aryl methyl sites for hydroxylation is 1. The van der Waals surface area contributed by atoms with Gasteiger partial charge in [0.1, 0.15) is 0 Å². The molecule has 1 aliphatic carbocycles. The Hall–Kier alpha value is -2.17. The van der Waals surface area contributed by atoms with E-state index in [1.807, 2.05) is 31.3 Å². The zero-order valence-electron chi connectivity index (χ0n) is 14.1. The molecule has 0 unspecified atom stereocenters. The molecule has 5 nitrogen and oxygen atoms in total. The third kappa shape index (κ3) is 3.83. The van der Waals surface area contributed by atoms with Crippen molar-refractivity contribution < 1.29 is 14.6 Å². The van der Waals surface area contributed by atoms with E-state index in [4.69, 9.17) is 9.84 Å². The van der Waals surface area contributed by atoms with E-state index in [0.29, 0.717) is 18.4 Å². The monoisotopic (exact) mass is 328 g/mol. The summed E-state index contributed by atoms with van der Waals surface area (Å²) in [5.74, 6) is 0.472. The molecule has 128 valence electrons. The van der Waals surface area contributed by atoms with Crippen molar-refractivity contribution in [3.63, 3.8) is 0 Å². The summed E-state index contributed by atoms with van der Waals surface area (Å²) in [7, 11) is 0. The van der Waals surface area contributed by atoms with Gasteiger partial charge in [-0.2, -0.15) is 0 Å². The molecule has 1 aliphatic rings. The highest BCUT2D eigenvalue weighted by Crippen LogP contribution is 2.32. The lowest BCUT2D eigenvalue weighted by Crippen LogP contribution is -2.21. The van der Waals surface area contributed by atoms with Gasteiger partial charge in [-0.15, -0.1) is 0 Å². The lowest BCUT2D eigenvalue weighted by Gasteiger charge is -2.26. The zero-order chi connectivity index (χ0) is 16.9. The highest BCUT2D eigenvalue weighted by molar-refractivity contribution is 5.78. The van der Waals surface area contributed by atoms with Gasteiger partial charge in [0.05, 0.1) is 23.6 Å². The SMILES string of the molecule is CCOc1ccc2nccc(CC[C@H]3CC[C@H](C(=O)O)CC3)c2n1. The summed E-state index contributed by atoms with van der Waals surface area (Å²) in [6.07, 6.45) is 7.50. The van der Waals surface area contributed by atoms with Gasteiger partial charge in [-0.25, -0.2) is 4.98 Å². The number of nitrogens with zero attached hydrogens (tertiary/aromatic N) is 2. The van der Waals surface area contributed by atoms with Crippen molar-refractivity contribution in [2.24, 2.45) is 11.8 Å². The molecule has 2 aromatic rings. The fourth-order valence-electron chi connectivity index (χ4n) is 3.55. The van der Waals surface area contributed by atoms with Crippen LogP contribution in [0.1, 0.15) is 44.6 Å². The molecule has 0 aromatic carbocycles. The van der Waals surface area contributed by atoms with Crippen molar-refractivity contribution in [2.45, 2.75) is 45.4 Å². The molecule has 2 heterocycles. The number of ether oxygens (including phenoxy) is 1. The van der Waals surface area contributed by atoms with Gasteiger partial charge < -0.3 is 9.84 Å². The molecule has 0 radical (unpaired) electrons. The number of hydrogen-bond donors (Lipinski definition) is 1. The van der Waals surface area contributed by atoms with Crippen LogP contribution in [0.5, 0.6) is 5.88 Å². The van der Waals surface area contributed by atoms with E-state index >= 15 is 0 Å². The first-order valence-corrected chi connectivity index (χ1v) is 8.77. The van der Waals surface area contributed by atoms with Crippen molar-refractivity contribution in [2.75, 3.05) is 6.61 Å². The maximum absolute atomic E-state index is 11.0. The number of carboxylic acid groups (broad SMARTS) is 1. The van der Waals surface area contributed by atoms with Crippen LogP contribution in [0.15, 0.2) is 24.4 Å². The van der Waals surface area contributed by atoms with Crippen LogP contribution in [0.4, 0.5) is 0 Å². The van der Waals surface area contributed by atoms with Crippen molar-refractivity contribution in [3.8, 4) is 5.88 Å². The highest BCUT2D eigenvalue weighted by atomic mass is 16.5. The average molecular weight is 328 g/mol. The Balaban J connectivity index is 1.67. The Morgan fingerprint density at radius 2 is 2.04 bits per heavy atom. The Kier molecular flexibility index (Phi) is 5.28. The van der Waals surface area contributed by atoms with E-state index in [0.717, 1.165) is 49.6 Å². The largest absolute Gasteiger partial charge is 0.481 e. The van der Waals surface area contributed by atoms with E-state index in [9.17, 15) is 4.79 Å². The molecule has 0 aliphatic heterocycles. The van der Waals surface area contributed by atoms with Gasteiger partial charge >= 0.3 is 5.97 Å². The summed E-state index contributed by atoms with van der Waals surface area (Å²) >= 11 is 0. The van der Waals surface area contributed by atoms with Crippen LogP contribution in [0, 0.1) is 11.8 Å². The molecular weight excluding hydrogens is 304 g/mol. The maximum atomic E-state index is 11.0. The number of pyridine rings is 2. The zero-order valence-corrected chi connectivity index (χ0v) is 14.1. The predicted molar refractivity (Wildman–Crippen MR) is 92.1 cm³/mol. The normalized spacial score (nSPS) is 20.9. The second-order valence-electron chi connectivity index (χ2n) is 6.51. The van der Waals surface area contributed by atoms with Gasteiger partial charge in [0.25, 0.3) is 0 Å². The molecule has 5 heteroatoms. The first kappa shape index (κ1) is 16.7. The smallest absolute Gasteiger partial charge is 0.306 e.